The van der Waals surface area contributed by atoms with Crippen LogP contribution in [0.4, 0.5) is 0 Å². The van der Waals surface area contributed by atoms with Gasteiger partial charge in [0, 0.05) is 29.1 Å². The van der Waals surface area contributed by atoms with Crippen molar-refractivity contribution in [2.24, 2.45) is 7.05 Å². The van der Waals surface area contributed by atoms with Gasteiger partial charge in [-0.05, 0) is 17.2 Å². The average Bonchev–Trinajstić information content (AvgIpc) is 2.90. The van der Waals surface area contributed by atoms with Gasteiger partial charge in [0.15, 0.2) is 0 Å². The number of para-hydroxylation sites is 1. The Morgan fingerprint density at radius 2 is 1.83 bits per heavy atom. The fraction of sp³-hybridized carbons (Fsp3) is 0.158. The van der Waals surface area contributed by atoms with E-state index in [0.717, 1.165) is 22.0 Å². The van der Waals surface area contributed by atoms with E-state index in [2.05, 4.69) is 0 Å². The number of nitro groups is 1. The van der Waals surface area contributed by atoms with Crippen LogP contribution in [0.5, 0.6) is 0 Å². The molecule has 3 rings (SSSR count). The summed E-state index contributed by atoms with van der Waals surface area (Å²) in [4.78, 5) is 10.9. The molecule has 0 aliphatic rings. The highest BCUT2D eigenvalue weighted by atomic mass is 16.6. The predicted octanol–water partition coefficient (Wildman–Crippen LogP) is 4.25. The molecule has 116 valence electrons. The molecule has 0 radical (unpaired) electrons. The van der Waals surface area contributed by atoms with Crippen LogP contribution < -0.4 is 0 Å². The molecule has 2 aromatic carbocycles. The number of aromatic nitrogens is 1. The Morgan fingerprint density at radius 3 is 2.57 bits per heavy atom. The molecule has 0 saturated heterocycles. The van der Waals surface area contributed by atoms with Crippen LogP contribution in [-0.2, 0) is 7.05 Å². The molecule has 0 saturated carbocycles. The molecule has 1 atom stereocenters. The first-order valence-corrected chi connectivity index (χ1v) is 7.54. The molecule has 0 aliphatic carbocycles. The molecular formula is C19H18N2O2. The van der Waals surface area contributed by atoms with Crippen molar-refractivity contribution in [2.75, 3.05) is 6.54 Å². The van der Waals surface area contributed by atoms with Crippen molar-refractivity contribution in [1.29, 1.82) is 0 Å². The average molecular weight is 306 g/mol. The number of hydrogen-bond donors (Lipinski definition) is 0. The molecule has 3 aromatic rings. The largest absolute Gasteiger partial charge is 0.350 e. The van der Waals surface area contributed by atoms with Crippen LogP contribution in [0.3, 0.4) is 0 Å². The van der Waals surface area contributed by atoms with Gasteiger partial charge in [-0.2, -0.15) is 0 Å². The van der Waals surface area contributed by atoms with Crippen LogP contribution in [0, 0.1) is 10.1 Å². The minimum Gasteiger partial charge on any atom is -0.350 e. The smallest absolute Gasteiger partial charge is 0.214 e. The fourth-order valence-electron chi connectivity index (χ4n) is 2.88. The third kappa shape index (κ3) is 3.31. The Morgan fingerprint density at radius 1 is 1.13 bits per heavy atom. The van der Waals surface area contributed by atoms with Crippen molar-refractivity contribution in [3.05, 3.63) is 88.1 Å². The molecule has 23 heavy (non-hydrogen) atoms. The lowest BCUT2D eigenvalue weighted by Gasteiger charge is -2.07. The van der Waals surface area contributed by atoms with E-state index in [1.807, 2.05) is 84.6 Å². The summed E-state index contributed by atoms with van der Waals surface area (Å²) in [5.74, 6) is -0.253. The lowest BCUT2D eigenvalue weighted by Crippen LogP contribution is -2.10. The first kappa shape index (κ1) is 15.0. The number of benzene rings is 2. The number of hydrogen-bond acceptors (Lipinski definition) is 2. The van der Waals surface area contributed by atoms with Crippen molar-refractivity contribution in [1.82, 2.24) is 4.57 Å². The van der Waals surface area contributed by atoms with Gasteiger partial charge in [0.2, 0.25) is 6.54 Å². The highest BCUT2D eigenvalue weighted by Crippen LogP contribution is 2.29. The van der Waals surface area contributed by atoms with Crippen molar-refractivity contribution >= 4 is 17.0 Å². The highest BCUT2D eigenvalue weighted by Gasteiger charge is 2.19. The molecule has 0 aliphatic heterocycles. The van der Waals surface area contributed by atoms with Gasteiger partial charge in [0.05, 0.1) is 5.92 Å². The Labute approximate surface area is 134 Å². The van der Waals surface area contributed by atoms with Crippen molar-refractivity contribution in [3.63, 3.8) is 0 Å². The summed E-state index contributed by atoms with van der Waals surface area (Å²) in [5, 5.41) is 12.2. The summed E-state index contributed by atoms with van der Waals surface area (Å²) >= 11 is 0. The highest BCUT2D eigenvalue weighted by molar-refractivity contribution is 5.84. The first-order chi connectivity index (χ1) is 11.1. The third-order valence-electron chi connectivity index (χ3n) is 3.99. The van der Waals surface area contributed by atoms with Gasteiger partial charge in [0.1, 0.15) is 0 Å². The molecule has 0 bridgehead atoms. The van der Waals surface area contributed by atoms with Crippen LogP contribution in [0.1, 0.15) is 17.0 Å². The van der Waals surface area contributed by atoms with Gasteiger partial charge < -0.3 is 4.57 Å². The second-order valence-corrected chi connectivity index (χ2v) is 5.60. The van der Waals surface area contributed by atoms with E-state index in [-0.39, 0.29) is 17.4 Å². The Hall–Kier alpha value is -2.88. The quantitative estimate of drug-likeness (QED) is 0.522. The van der Waals surface area contributed by atoms with Gasteiger partial charge in [-0.25, -0.2) is 0 Å². The van der Waals surface area contributed by atoms with E-state index in [0.29, 0.717) is 0 Å². The summed E-state index contributed by atoms with van der Waals surface area (Å²) in [6, 6.07) is 17.9. The Bertz CT molecular complexity index is 850. The summed E-state index contributed by atoms with van der Waals surface area (Å²) in [6.45, 7) is -0.114. The van der Waals surface area contributed by atoms with Crippen LogP contribution >= 0.6 is 0 Å². The van der Waals surface area contributed by atoms with E-state index < -0.39 is 0 Å². The zero-order valence-corrected chi connectivity index (χ0v) is 12.9. The fourth-order valence-corrected chi connectivity index (χ4v) is 2.88. The minimum absolute atomic E-state index is 0.114. The lowest BCUT2D eigenvalue weighted by molar-refractivity contribution is -0.481. The standard InChI is InChI=1S/C19H18N2O2/c1-20-14-18(17-9-5-6-10-19(17)20)16(13-21(22)23)12-11-15-7-3-2-4-8-15/h2-12,14,16H,13H2,1H3/b12-11+. The SMILES string of the molecule is Cn1cc(C(/C=C/c2ccccc2)C[N+](=O)[O-])c2ccccc21. The molecule has 0 fully saturated rings. The molecule has 1 heterocycles. The second-order valence-electron chi connectivity index (χ2n) is 5.60. The van der Waals surface area contributed by atoms with Crippen molar-refractivity contribution in [2.45, 2.75) is 5.92 Å². The van der Waals surface area contributed by atoms with Gasteiger partial charge in [-0.1, -0.05) is 60.7 Å². The maximum atomic E-state index is 11.1. The van der Waals surface area contributed by atoms with Crippen LogP contribution in [-0.4, -0.2) is 16.0 Å². The van der Waals surface area contributed by atoms with E-state index in [9.17, 15) is 10.1 Å². The van der Waals surface area contributed by atoms with Gasteiger partial charge in [-0.3, -0.25) is 10.1 Å². The first-order valence-electron chi connectivity index (χ1n) is 7.54. The zero-order chi connectivity index (χ0) is 16.2. The third-order valence-corrected chi connectivity index (χ3v) is 3.99. The summed E-state index contributed by atoms with van der Waals surface area (Å²) in [6.07, 6.45) is 5.88. The van der Waals surface area contributed by atoms with E-state index in [4.69, 9.17) is 0 Å². The van der Waals surface area contributed by atoms with Crippen molar-refractivity contribution < 1.29 is 4.92 Å². The Kier molecular flexibility index (Phi) is 4.24. The number of aryl methyl sites for hydroxylation is 1. The van der Waals surface area contributed by atoms with Crippen LogP contribution in [0.15, 0.2) is 66.9 Å². The zero-order valence-electron chi connectivity index (χ0n) is 12.9. The maximum absolute atomic E-state index is 11.1. The van der Waals surface area contributed by atoms with Gasteiger partial charge in [0.25, 0.3) is 0 Å². The predicted molar refractivity (Wildman–Crippen MR) is 93.0 cm³/mol. The maximum Gasteiger partial charge on any atom is 0.214 e. The number of rotatable bonds is 5. The topological polar surface area (TPSA) is 48.1 Å². The van der Waals surface area contributed by atoms with E-state index >= 15 is 0 Å². The monoisotopic (exact) mass is 306 g/mol. The van der Waals surface area contributed by atoms with Crippen LogP contribution in [0.25, 0.3) is 17.0 Å². The molecular weight excluding hydrogens is 288 g/mol. The normalized spacial score (nSPS) is 12.7. The molecule has 1 aromatic heterocycles. The second kappa shape index (κ2) is 6.48. The summed E-state index contributed by atoms with van der Waals surface area (Å²) in [5.41, 5.74) is 3.12. The Balaban J connectivity index is 2.01. The number of fused-ring (bicyclic) bond motifs is 1. The van der Waals surface area contributed by atoms with Gasteiger partial charge in [-0.15, -0.1) is 0 Å². The molecule has 0 N–H and O–H groups in total. The summed E-state index contributed by atoms with van der Waals surface area (Å²) < 4.78 is 2.02. The lowest BCUT2D eigenvalue weighted by atomic mass is 9.97. The summed E-state index contributed by atoms with van der Waals surface area (Å²) in [7, 11) is 1.97. The molecule has 4 nitrogen and oxygen atoms in total. The molecule has 1 unspecified atom stereocenters. The van der Waals surface area contributed by atoms with E-state index in [1.165, 1.54) is 0 Å². The van der Waals surface area contributed by atoms with Crippen LogP contribution in [0.2, 0.25) is 0 Å². The number of nitrogens with zero attached hydrogens (tertiary/aromatic N) is 2. The van der Waals surface area contributed by atoms with Crippen molar-refractivity contribution in [3.8, 4) is 0 Å². The van der Waals surface area contributed by atoms with Gasteiger partial charge >= 0.3 is 0 Å². The van der Waals surface area contributed by atoms with E-state index in [1.54, 1.807) is 0 Å². The minimum atomic E-state index is -0.253. The molecule has 0 spiro atoms. The molecule has 4 heteroatoms. The molecule has 0 amide bonds.